The van der Waals surface area contributed by atoms with Crippen LogP contribution in [-0.4, -0.2) is 69.1 Å². The van der Waals surface area contributed by atoms with Crippen molar-refractivity contribution in [1.29, 1.82) is 0 Å². The molecule has 0 bridgehead atoms. The van der Waals surface area contributed by atoms with Gasteiger partial charge in [-0.25, -0.2) is 19.2 Å². The van der Waals surface area contributed by atoms with Crippen molar-refractivity contribution in [1.82, 2.24) is 19.9 Å². The number of ether oxygens (including phenoxy) is 2. The van der Waals surface area contributed by atoms with Crippen LogP contribution in [-0.2, 0) is 4.74 Å². The average Bonchev–Trinajstić information content (AvgIpc) is 2.80. The van der Waals surface area contributed by atoms with Gasteiger partial charge in [0.15, 0.2) is 16.1 Å². The normalized spacial score (nSPS) is 23.3. The summed E-state index contributed by atoms with van der Waals surface area (Å²) in [7, 11) is 0. The molecule has 2 aromatic rings. The van der Waals surface area contributed by atoms with Crippen LogP contribution in [0.3, 0.4) is 0 Å². The van der Waals surface area contributed by atoms with Crippen molar-refractivity contribution >= 4 is 46.2 Å². The third kappa shape index (κ3) is 3.84. The molecular formula is C20H25ClFN5O3S. The molecule has 31 heavy (non-hydrogen) atoms. The van der Waals surface area contributed by atoms with E-state index in [-0.39, 0.29) is 40.8 Å². The zero-order valence-corrected chi connectivity index (χ0v) is 19.8. The highest BCUT2D eigenvalue weighted by molar-refractivity contribution is 7.98. The van der Waals surface area contributed by atoms with Gasteiger partial charge in [0, 0.05) is 13.1 Å². The molecule has 0 spiro atoms. The first-order valence-electron chi connectivity index (χ1n) is 10.1. The molecule has 0 N–H and O–H groups in total. The van der Waals surface area contributed by atoms with Crippen LogP contribution < -0.4 is 9.64 Å². The number of pyridine rings is 1. The van der Waals surface area contributed by atoms with E-state index in [4.69, 9.17) is 21.1 Å². The molecule has 3 atom stereocenters. The van der Waals surface area contributed by atoms with Crippen LogP contribution >= 0.6 is 23.4 Å². The summed E-state index contributed by atoms with van der Waals surface area (Å²) >= 11 is 7.35. The Labute approximate surface area is 189 Å². The third-order valence-electron chi connectivity index (χ3n) is 5.46. The number of nitrogens with zero attached hydrogens (tertiary/aromatic N) is 5. The Morgan fingerprint density at radius 3 is 2.61 bits per heavy atom. The van der Waals surface area contributed by atoms with E-state index in [1.165, 1.54) is 11.8 Å². The van der Waals surface area contributed by atoms with Crippen molar-refractivity contribution in [2.75, 3.05) is 24.2 Å². The molecule has 2 aliphatic rings. The van der Waals surface area contributed by atoms with Gasteiger partial charge in [0.25, 0.3) is 0 Å². The van der Waals surface area contributed by atoms with Crippen LogP contribution in [0.2, 0.25) is 5.15 Å². The fraction of sp³-hybridized carbons (Fsp3) is 0.600. The highest BCUT2D eigenvalue weighted by Crippen LogP contribution is 2.42. The van der Waals surface area contributed by atoms with Gasteiger partial charge in [0.2, 0.25) is 5.88 Å². The van der Waals surface area contributed by atoms with Gasteiger partial charge in [-0.2, -0.15) is 4.98 Å². The maximum atomic E-state index is 14.9. The van der Waals surface area contributed by atoms with Crippen molar-refractivity contribution < 1.29 is 18.7 Å². The maximum Gasteiger partial charge on any atom is 0.410 e. The molecule has 168 valence electrons. The third-order valence-corrected chi connectivity index (χ3v) is 6.26. The standard InChI is InChI=1S/C20H25ClFN5O3S/c1-9-14-10(2)29-17-11-13(12(22)15(21)24-17)23-18(31-6)25-16(11)27(14)8-7-26(9)19(28)30-20(3,4)5/h9-10,14H,7-8H2,1-6H3/t9?,10-,14-/m0/s1. The zero-order valence-electron chi connectivity index (χ0n) is 18.3. The van der Waals surface area contributed by atoms with Crippen LogP contribution in [0.5, 0.6) is 5.88 Å². The minimum Gasteiger partial charge on any atom is -0.472 e. The number of anilines is 1. The van der Waals surface area contributed by atoms with Gasteiger partial charge in [0.05, 0.1) is 12.1 Å². The lowest BCUT2D eigenvalue weighted by atomic mass is 9.98. The summed E-state index contributed by atoms with van der Waals surface area (Å²) < 4.78 is 26.6. The fourth-order valence-corrected chi connectivity index (χ4v) is 4.72. The lowest BCUT2D eigenvalue weighted by molar-refractivity contribution is 0.00451. The molecule has 4 heterocycles. The quantitative estimate of drug-likeness (QED) is 0.350. The molecule has 1 saturated heterocycles. The smallest absolute Gasteiger partial charge is 0.410 e. The number of aromatic nitrogens is 3. The first-order valence-corrected chi connectivity index (χ1v) is 11.7. The second-order valence-corrected chi connectivity index (χ2v) is 9.83. The van der Waals surface area contributed by atoms with E-state index in [0.29, 0.717) is 29.5 Å². The van der Waals surface area contributed by atoms with Crippen molar-refractivity contribution in [2.24, 2.45) is 0 Å². The fourth-order valence-electron chi connectivity index (χ4n) is 4.19. The predicted molar refractivity (Wildman–Crippen MR) is 118 cm³/mol. The van der Waals surface area contributed by atoms with E-state index in [2.05, 4.69) is 19.9 Å². The van der Waals surface area contributed by atoms with Crippen LogP contribution in [0.4, 0.5) is 15.0 Å². The minimum atomic E-state index is -0.700. The summed E-state index contributed by atoms with van der Waals surface area (Å²) in [5.74, 6) is 0.0361. The molecule has 1 amide bonds. The van der Waals surface area contributed by atoms with Crippen molar-refractivity contribution in [3.63, 3.8) is 0 Å². The van der Waals surface area contributed by atoms with Gasteiger partial charge in [0.1, 0.15) is 28.4 Å². The molecule has 2 aromatic heterocycles. The van der Waals surface area contributed by atoms with Gasteiger partial charge < -0.3 is 19.3 Å². The van der Waals surface area contributed by atoms with E-state index >= 15 is 0 Å². The molecular weight excluding hydrogens is 445 g/mol. The number of carbonyl (C=O) groups is 1. The van der Waals surface area contributed by atoms with Crippen LogP contribution in [0, 0.1) is 5.82 Å². The summed E-state index contributed by atoms with van der Waals surface area (Å²) in [4.78, 5) is 29.7. The van der Waals surface area contributed by atoms with E-state index in [9.17, 15) is 9.18 Å². The topological polar surface area (TPSA) is 80.7 Å². The van der Waals surface area contributed by atoms with E-state index in [1.54, 1.807) is 4.90 Å². The average molecular weight is 470 g/mol. The van der Waals surface area contributed by atoms with Crippen molar-refractivity contribution in [3.8, 4) is 5.88 Å². The molecule has 1 unspecified atom stereocenters. The molecule has 0 radical (unpaired) electrons. The maximum absolute atomic E-state index is 14.9. The van der Waals surface area contributed by atoms with E-state index in [1.807, 2.05) is 40.9 Å². The molecule has 11 heteroatoms. The number of hydrogen-bond acceptors (Lipinski definition) is 8. The summed E-state index contributed by atoms with van der Waals surface area (Å²) in [6.45, 7) is 10.3. The molecule has 8 nitrogen and oxygen atoms in total. The van der Waals surface area contributed by atoms with Gasteiger partial charge in [-0.3, -0.25) is 0 Å². The Bertz CT molecular complexity index is 1050. The number of fused-ring (bicyclic) bond motifs is 2. The van der Waals surface area contributed by atoms with Gasteiger partial charge in [-0.1, -0.05) is 23.4 Å². The van der Waals surface area contributed by atoms with E-state index < -0.39 is 11.4 Å². The first kappa shape index (κ1) is 22.1. The van der Waals surface area contributed by atoms with Gasteiger partial charge in [-0.05, 0) is 40.9 Å². The summed E-state index contributed by atoms with van der Waals surface area (Å²) in [5, 5.41) is 0.520. The highest BCUT2D eigenvalue weighted by atomic mass is 35.5. The second kappa shape index (κ2) is 7.81. The molecule has 4 rings (SSSR count). The second-order valence-electron chi connectivity index (χ2n) is 8.70. The number of halogens is 2. The SMILES string of the molecule is CSc1nc2c3c(nc(Cl)c(F)c3n1)O[C@@H](C)[C@@H]1C(C)N(C(=O)OC(C)(C)C)CCN21. The number of carbonyl (C=O) groups excluding carboxylic acids is 1. The zero-order chi connectivity index (χ0) is 22.7. The van der Waals surface area contributed by atoms with Crippen molar-refractivity contribution in [2.45, 2.75) is 63.6 Å². The Kier molecular flexibility index (Phi) is 5.58. The van der Waals surface area contributed by atoms with Gasteiger partial charge in [-0.15, -0.1) is 0 Å². The number of hydrogen-bond donors (Lipinski definition) is 0. The van der Waals surface area contributed by atoms with Crippen LogP contribution in [0.15, 0.2) is 5.16 Å². The summed E-state index contributed by atoms with van der Waals surface area (Å²) in [5.41, 5.74) is -0.514. The molecule has 2 aliphatic heterocycles. The predicted octanol–water partition coefficient (Wildman–Crippen LogP) is 4.13. The number of thioether (sulfide) groups is 1. The van der Waals surface area contributed by atoms with Crippen molar-refractivity contribution in [3.05, 3.63) is 11.0 Å². The molecule has 0 aliphatic carbocycles. The first-order chi connectivity index (χ1) is 14.5. The minimum absolute atomic E-state index is 0.0828. The molecule has 1 fully saturated rings. The summed E-state index contributed by atoms with van der Waals surface area (Å²) in [6, 6.07) is -0.513. The monoisotopic (exact) mass is 469 g/mol. The van der Waals surface area contributed by atoms with Gasteiger partial charge >= 0.3 is 6.09 Å². The molecule has 0 saturated carbocycles. The Balaban J connectivity index is 1.82. The summed E-state index contributed by atoms with van der Waals surface area (Å²) in [6.07, 6.45) is 1.06. The lowest BCUT2D eigenvalue weighted by Gasteiger charge is -2.47. The van der Waals surface area contributed by atoms with Crippen LogP contribution in [0.25, 0.3) is 10.9 Å². The Morgan fingerprint density at radius 2 is 1.97 bits per heavy atom. The largest absolute Gasteiger partial charge is 0.472 e. The Morgan fingerprint density at radius 1 is 1.26 bits per heavy atom. The lowest BCUT2D eigenvalue weighted by Crippen LogP contribution is -2.64. The number of rotatable bonds is 1. The van der Waals surface area contributed by atoms with E-state index in [0.717, 1.165) is 0 Å². The number of piperazine rings is 1. The highest BCUT2D eigenvalue weighted by Gasteiger charge is 2.45. The Hall–Kier alpha value is -2.07. The van der Waals surface area contributed by atoms with Crippen LogP contribution in [0.1, 0.15) is 34.6 Å². The number of amides is 1. The molecule has 0 aromatic carbocycles.